The van der Waals surface area contributed by atoms with Crippen LogP contribution in [0.5, 0.6) is 0 Å². The van der Waals surface area contributed by atoms with Crippen LogP contribution in [0.15, 0.2) is 24.3 Å². The van der Waals surface area contributed by atoms with Crippen molar-refractivity contribution in [1.29, 1.82) is 0 Å². The van der Waals surface area contributed by atoms with E-state index >= 15 is 0 Å². The maximum Gasteiger partial charge on any atom is 0.325 e. The third kappa shape index (κ3) is 3.55. The Morgan fingerprint density at radius 1 is 1.31 bits per heavy atom. The minimum absolute atomic E-state index is 0.284. The Morgan fingerprint density at radius 3 is 2.38 bits per heavy atom. The summed E-state index contributed by atoms with van der Waals surface area (Å²) in [5.74, 6) is -0.515. The van der Waals surface area contributed by atoms with Gasteiger partial charge in [0.2, 0.25) is 0 Å². The molecule has 0 aliphatic carbocycles. The van der Waals surface area contributed by atoms with Crippen LogP contribution >= 0.6 is 34.8 Å². The number of esters is 1. The molecule has 0 amide bonds. The molecule has 0 spiro atoms. The van der Waals surface area contributed by atoms with Crippen molar-refractivity contribution in [3.8, 4) is 0 Å². The minimum atomic E-state index is -0.900. The Bertz CT molecular complexity index is 351. The molecule has 0 radical (unpaired) electrons. The van der Waals surface area contributed by atoms with Crippen molar-refractivity contribution in [3.05, 3.63) is 34.9 Å². The van der Waals surface area contributed by atoms with Crippen LogP contribution < -0.4 is 0 Å². The molecular weight excluding hydrogens is 270 g/mol. The second-order valence-electron chi connectivity index (χ2n) is 3.11. The second kappa shape index (κ2) is 6.33. The fraction of sp³-hybridized carbons (Fsp3) is 0.364. The fourth-order valence-electron chi connectivity index (χ4n) is 1.16. The van der Waals surface area contributed by atoms with E-state index in [9.17, 15) is 4.79 Å². The number of benzene rings is 1. The first-order valence-corrected chi connectivity index (χ1v) is 6.01. The lowest BCUT2D eigenvalue weighted by Gasteiger charge is -2.15. The van der Waals surface area contributed by atoms with Gasteiger partial charge in [0, 0.05) is 5.02 Å². The Hall–Kier alpha value is -0.440. The normalized spacial score (nSPS) is 14.2. The van der Waals surface area contributed by atoms with Gasteiger partial charge in [0.15, 0.2) is 5.38 Å². The van der Waals surface area contributed by atoms with Gasteiger partial charge in [-0.05, 0) is 24.6 Å². The highest BCUT2D eigenvalue weighted by Gasteiger charge is 2.26. The quantitative estimate of drug-likeness (QED) is 0.620. The molecular formula is C11H11Cl3O2. The van der Waals surface area contributed by atoms with E-state index < -0.39 is 16.7 Å². The highest BCUT2D eigenvalue weighted by atomic mass is 35.5. The van der Waals surface area contributed by atoms with Gasteiger partial charge >= 0.3 is 5.97 Å². The molecule has 0 heterocycles. The monoisotopic (exact) mass is 280 g/mol. The summed E-state index contributed by atoms with van der Waals surface area (Å²) < 4.78 is 4.79. The van der Waals surface area contributed by atoms with Gasteiger partial charge in [0.25, 0.3) is 0 Å². The standard InChI is InChI=1S/C11H11Cl3O2/c1-2-16-11(15)10(14)9(13)7-3-5-8(12)6-4-7/h3-6,9-10H,2H2,1H3/t9-,10-/m1/s1. The Morgan fingerprint density at radius 2 is 1.88 bits per heavy atom. The molecule has 88 valence electrons. The molecule has 0 bridgehead atoms. The third-order valence-corrected chi connectivity index (χ3v) is 3.27. The number of hydrogen-bond donors (Lipinski definition) is 0. The molecule has 2 nitrogen and oxygen atoms in total. The van der Waals surface area contributed by atoms with E-state index in [2.05, 4.69) is 0 Å². The van der Waals surface area contributed by atoms with Crippen LogP contribution in [0.4, 0.5) is 0 Å². The Balaban J connectivity index is 2.73. The molecule has 0 N–H and O–H groups in total. The van der Waals surface area contributed by atoms with Gasteiger partial charge in [0.1, 0.15) is 0 Å². The molecule has 0 fully saturated rings. The summed E-state index contributed by atoms with van der Waals surface area (Å²) in [5.41, 5.74) is 0.735. The lowest BCUT2D eigenvalue weighted by Crippen LogP contribution is -2.22. The predicted molar refractivity (Wildman–Crippen MR) is 66.3 cm³/mol. The SMILES string of the molecule is CCOC(=O)[C@H](Cl)[C@H](Cl)c1ccc(Cl)cc1. The lowest BCUT2D eigenvalue weighted by atomic mass is 10.1. The molecule has 0 aliphatic heterocycles. The van der Waals surface area contributed by atoms with E-state index in [-0.39, 0.29) is 6.61 Å². The van der Waals surface area contributed by atoms with Gasteiger partial charge in [-0.15, -0.1) is 23.2 Å². The van der Waals surface area contributed by atoms with Crippen LogP contribution in [-0.4, -0.2) is 18.0 Å². The average Bonchev–Trinajstić information content (AvgIpc) is 2.28. The van der Waals surface area contributed by atoms with Crippen LogP contribution in [0.3, 0.4) is 0 Å². The average molecular weight is 282 g/mol. The van der Waals surface area contributed by atoms with Crippen LogP contribution in [0, 0.1) is 0 Å². The van der Waals surface area contributed by atoms with E-state index in [1.165, 1.54) is 0 Å². The number of hydrogen-bond acceptors (Lipinski definition) is 2. The highest BCUT2D eigenvalue weighted by Crippen LogP contribution is 2.29. The van der Waals surface area contributed by atoms with Gasteiger partial charge in [-0.1, -0.05) is 23.7 Å². The summed E-state index contributed by atoms with van der Waals surface area (Å²) in [4.78, 5) is 11.4. The maximum atomic E-state index is 11.4. The van der Waals surface area contributed by atoms with E-state index in [1.54, 1.807) is 31.2 Å². The van der Waals surface area contributed by atoms with Crippen molar-refractivity contribution in [2.45, 2.75) is 17.7 Å². The molecule has 0 saturated carbocycles. The largest absolute Gasteiger partial charge is 0.465 e. The van der Waals surface area contributed by atoms with Crippen molar-refractivity contribution < 1.29 is 9.53 Å². The number of carbonyl (C=O) groups excluding carboxylic acids is 1. The summed E-state index contributed by atoms with van der Waals surface area (Å²) in [7, 11) is 0. The van der Waals surface area contributed by atoms with Gasteiger partial charge in [-0.25, -0.2) is 0 Å². The van der Waals surface area contributed by atoms with E-state index in [4.69, 9.17) is 39.5 Å². The first-order chi connectivity index (χ1) is 7.56. The Labute approximate surface area is 109 Å². The zero-order valence-corrected chi connectivity index (χ0v) is 10.9. The molecule has 0 saturated heterocycles. The minimum Gasteiger partial charge on any atom is -0.465 e. The molecule has 0 unspecified atom stereocenters. The summed E-state index contributed by atoms with van der Waals surface area (Å²) in [6, 6.07) is 6.85. The van der Waals surface area contributed by atoms with E-state index in [1.807, 2.05) is 0 Å². The van der Waals surface area contributed by atoms with Gasteiger partial charge in [-0.3, -0.25) is 4.79 Å². The van der Waals surface area contributed by atoms with Crippen molar-refractivity contribution in [2.75, 3.05) is 6.61 Å². The molecule has 5 heteroatoms. The van der Waals surface area contributed by atoms with Crippen LogP contribution in [0.2, 0.25) is 5.02 Å². The second-order valence-corrected chi connectivity index (χ2v) is 4.48. The first-order valence-electron chi connectivity index (χ1n) is 4.76. The summed E-state index contributed by atoms with van der Waals surface area (Å²) >= 11 is 17.7. The maximum absolute atomic E-state index is 11.4. The fourth-order valence-corrected chi connectivity index (χ4v) is 1.74. The summed E-state index contributed by atoms with van der Waals surface area (Å²) in [6.07, 6.45) is 0. The van der Waals surface area contributed by atoms with Gasteiger partial charge < -0.3 is 4.74 Å². The first kappa shape index (κ1) is 13.6. The zero-order valence-electron chi connectivity index (χ0n) is 8.62. The van der Waals surface area contributed by atoms with Crippen molar-refractivity contribution >= 4 is 40.8 Å². The van der Waals surface area contributed by atoms with Gasteiger partial charge in [-0.2, -0.15) is 0 Å². The number of ether oxygens (including phenoxy) is 1. The van der Waals surface area contributed by atoms with Crippen LogP contribution in [0.1, 0.15) is 17.9 Å². The summed E-state index contributed by atoms with van der Waals surface area (Å²) in [5, 5.41) is -0.921. The number of halogens is 3. The van der Waals surface area contributed by atoms with Crippen molar-refractivity contribution in [2.24, 2.45) is 0 Å². The van der Waals surface area contributed by atoms with E-state index in [0.717, 1.165) is 5.56 Å². The molecule has 1 rings (SSSR count). The Kier molecular flexibility index (Phi) is 5.39. The molecule has 0 aromatic heterocycles. The summed E-state index contributed by atoms with van der Waals surface area (Å²) in [6.45, 7) is 2.00. The number of alkyl halides is 2. The van der Waals surface area contributed by atoms with Gasteiger partial charge in [0.05, 0.1) is 12.0 Å². The topological polar surface area (TPSA) is 26.3 Å². The van der Waals surface area contributed by atoms with Crippen molar-refractivity contribution in [3.63, 3.8) is 0 Å². The lowest BCUT2D eigenvalue weighted by molar-refractivity contribution is -0.142. The van der Waals surface area contributed by atoms with Crippen LogP contribution in [0.25, 0.3) is 0 Å². The molecule has 1 aromatic rings. The smallest absolute Gasteiger partial charge is 0.325 e. The zero-order chi connectivity index (χ0) is 12.1. The van der Waals surface area contributed by atoms with Crippen molar-refractivity contribution in [1.82, 2.24) is 0 Å². The number of carbonyl (C=O) groups is 1. The number of rotatable bonds is 4. The third-order valence-electron chi connectivity index (χ3n) is 1.96. The predicted octanol–water partition coefficient (Wildman–Crippen LogP) is 3.79. The highest BCUT2D eigenvalue weighted by molar-refractivity contribution is 6.36. The molecule has 2 atom stereocenters. The molecule has 1 aromatic carbocycles. The van der Waals surface area contributed by atoms with Crippen LogP contribution in [-0.2, 0) is 9.53 Å². The molecule has 0 aliphatic rings. The van der Waals surface area contributed by atoms with E-state index in [0.29, 0.717) is 5.02 Å². The molecule has 16 heavy (non-hydrogen) atoms.